The topological polar surface area (TPSA) is 63.4 Å². The lowest BCUT2D eigenvalue weighted by Gasteiger charge is -2.20. The summed E-state index contributed by atoms with van der Waals surface area (Å²) in [5.41, 5.74) is 5.92. The second kappa shape index (κ2) is 4.91. The van der Waals surface area contributed by atoms with Gasteiger partial charge in [-0.05, 0) is 31.0 Å². The Labute approximate surface area is 112 Å². The van der Waals surface area contributed by atoms with E-state index < -0.39 is 10.0 Å². The van der Waals surface area contributed by atoms with Gasteiger partial charge in [-0.25, -0.2) is 8.42 Å². The average Bonchev–Trinajstić information content (AvgIpc) is 3.13. The number of nitrogens with two attached hydrogens (primary N) is 1. The van der Waals surface area contributed by atoms with E-state index in [0.29, 0.717) is 11.6 Å². The molecule has 4 nitrogen and oxygen atoms in total. The summed E-state index contributed by atoms with van der Waals surface area (Å²) in [6.07, 6.45) is 3.39. The summed E-state index contributed by atoms with van der Waals surface area (Å²) >= 11 is 5.80. The van der Waals surface area contributed by atoms with Gasteiger partial charge in [0, 0.05) is 12.6 Å². The van der Waals surface area contributed by atoms with Crippen molar-refractivity contribution in [1.29, 1.82) is 0 Å². The molecule has 1 aliphatic carbocycles. The Kier molecular flexibility index (Phi) is 3.66. The van der Waals surface area contributed by atoms with E-state index in [9.17, 15) is 8.42 Å². The lowest BCUT2D eigenvalue weighted by molar-refractivity contribution is 0.436. The number of nitrogens with zero attached hydrogens (tertiary/aromatic N) is 1. The molecule has 0 radical (unpaired) electrons. The second-order valence-corrected chi connectivity index (χ2v) is 6.58. The lowest BCUT2D eigenvalue weighted by Crippen LogP contribution is -2.33. The molecule has 0 spiro atoms. The van der Waals surface area contributed by atoms with Gasteiger partial charge in [-0.15, -0.1) is 6.58 Å². The average molecular weight is 287 g/mol. The van der Waals surface area contributed by atoms with E-state index in [4.69, 9.17) is 17.3 Å². The van der Waals surface area contributed by atoms with Crippen LogP contribution in [0.15, 0.2) is 35.7 Å². The van der Waals surface area contributed by atoms with Crippen molar-refractivity contribution in [3.8, 4) is 0 Å². The van der Waals surface area contributed by atoms with Gasteiger partial charge >= 0.3 is 0 Å². The highest BCUT2D eigenvalue weighted by atomic mass is 35.5. The van der Waals surface area contributed by atoms with Gasteiger partial charge < -0.3 is 5.73 Å². The van der Waals surface area contributed by atoms with Crippen molar-refractivity contribution < 1.29 is 8.42 Å². The summed E-state index contributed by atoms with van der Waals surface area (Å²) in [4.78, 5) is 0.179. The molecule has 1 saturated carbocycles. The van der Waals surface area contributed by atoms with Crippen molar-refractivity contribution in [2.75, 3.05) is 12.3 Å². The monoisotopic (exact) mass is 286 g/mol. The zero-order valence-electron chi connectivity index (χ0n) is 9.84. The molecule has 0 atom stereocenters. The van der Waals surface area contributed by atoms with Crippen LogP contribution >= 0.6 is 11.6 Å². The fourth-order valence-corrected chi connectivity index (χ4v) is 3.56. The summed E-state index contributed by atoms with van der Waals surface area (Å²) in [5.74, 6) is 0. The van der Waals surface area contributed by atoms with Gasteiger partial charge in [0.05, 0.1) is 15.6 Å². The van der Waals surface area contributed by atoms with E-state index in [1.54, 1.807) is 6.08 Å². The SMILES string of the molecule is C=CCN(C1CC1)S(=O)(=O)c1ccc(Cl)c(N)c1. The van der Waals surface area contributed by atoms with Crippen LogP contribution in [-0.2, 0) is 10.0 Å². The van der Waals surface area contributed by atoms with Gasteiger partial charge in [-0.2, -0.15) is 4.31 Å². The Balaban J connectivity index is 2.39. The molecule has 0 amide bonds. The Bertz CT molecular complexity index is 567. The zero-order chi connectivity index (χ0) is 13.3. The Hall–Kier alpha value is -1.04. The molecule has 98 valence electrons. The third-order valence-electron chi connectivity index (χ3n) is 2.84. The Morgan fingerprint density at radius 2 is 2.17 bits per heavy atom. The number of halogens is 1. The van der Waals surface area contributed by atoms with E-state index >= 15 is 0 Å². The first kappa shape index (κ1) is 13.4. The van der Waals surface area contributed by atoms with Gasteiger partial charge in [0.1, 0.15) is 0 Å². The predicted octanol–water partition coefficient (Wildman–Crippen LogP) is 2.26. The fourth-order valence-electron chi connectivity index (χ4n) is 1.75. The van der Waals surface area contributed by atoms with Crippen molar-refractivity contribution in [2.45, 2.75) is 23.8 Å². The first-order valence-corrected chi connectivity index (χ1v) is 7.46. The zero-order valence-corrected chi connectivity index (χ0v) is 11.4. The van der Waals surface area contributed by atoms with Crippen LogP contribution in [0.3, 0.4) is 0 Å². The van der Waals surface area contributed by atoms with Crippen LogP contribution in [0.4, 0.5) is 5.69 Å². The van der Waals surface area contributed by atoms with Gasteiger partial charge in [0.15, 0.2) is 0 Å². The van der Waals surface area contributed by atoms with Gasteiger partial charge in [0.25, 0.3) is 0 Å². The van der Waals surface area contributed by atoms with Crippen molar-refractivity contribution in [3.05, 3.63) is 35.9 Å². The first-order chi connectivity index (χ1) is 8.46. The van der Waals surface area contributed by atoms with E-state index in [1.807, 2.05) is 0 Å². The van der Waals surface area contributed by atoms with E-state index in [1.165, 1.54) is 22.5 Å². The number of anilines is 1. The molecule has 1 aromatic rings. The molecule has 0 bridgehead atoms. The minimum atomic E-state index is -3.52. The molecule has 1 aliphatic rings. The molecule has 18 heavy (non-hydrogen) atoms. The standard InChI is InChI=1S/C12H15ClN2O2S/c1-2-7-15(9-3-4-9)18(16,17)10-5-6-11(13)12(14)8-10/h2,5-6,8-9H,1,3-4,7,14H2. The number of nitrogen functional groups attached to an aromatic ring is 1. The maximum Gasteiger partial charge on any atom is 0.243 e. The lowest BCUT2D eigenvalue weighted by atomic mass is 10.3. The van der Waals surface area contributed by atoms with Crippen LogP contribution in [-0.4, -0.2) is 25.3 Å². The van der Waals surface area contributed by atoms with E-state index in [0.717, 1.165) is 12.8 Å². The van der Waals surface area contributed by atoms with Crippen LogP contribution in [0.1, 0.15) is 12.8 Å². The van der Waals surface area contributed by atoms with Crippen molar-refractivity contribution >= 4 is 27.3 Å². The van der Waals surface area contributed by atoms with Crippen LogP contribution in [0.5, 0.6) is 0 Å². The summed E-state index contributed by atoms with van der Waals surface area (Å²) in [6, 6.07) is 4.47. The normalized spacial score (nSPS) is 15.9. The maximum absolute atomic E-state index is 12.4. The van der Waals surface area contributed by atoms with Gasteiger partial charge in [-0.3, -0.25) is 0 Å². The number of hydrogen-bond donors (Lipinski definition) is 1. The molecule has 0 unspecified atom stereocenters. The molecular weight excluding hydrogens is 272 g/mol. The summed E-state index contributed by atoms with van der Waals surface area (Å²) in [6.45, 7) is 3.91. The third kappa shape index (κ3) is 2.53. The quantitative estimate of drug-likeness (QED) is 0.667. The molecule has 0 heterocycles. The Morgan fingerprint density at radius 3 is 2.67 bits per heavy atom. The van der Waals surface area contributed by atoms with E-state index in [-0.39, 0.29) is 16.6 Å². The van der Waals surface area contributed by atoms with Gasteiger partial charge in [-0.1, -0.05) is 17.7 Å². The third-order valence-corrected chi connectivity index (χ3v) is 5.10. The highest BCUT2D eigenvalue weighted by Crippen LogP contribution is 2.33. The molecule has 1 aromatic carbocycles. The van der Waals surface area contributed by atoms with Gasteiger partial charge in [0.2, 0.25) is 10.0 Å². The van der Waals surface area contributed by atoms with Crippen LogP contribution < -0.4 is 5.73 Å². The predicted molar refractivity (Wildman–Crippen MR) is 73.0 cm³/mol. The highest BCUT2D eigenvalue weighted by Gasteiger charge is 2.37. The van der Waals surface area contributed by atoms with Crippen molar-refractivity contribution in [3.63, 3.8) is 0 Å². The minimum Gasteiger partial charge on any atom is -0.397 e. The molecule has 0 aromatic heterocycles. The number of benzene rings is 1. The molecule has 0 saturated heterocycles. The van der Waals surface area contributed by atoms with Crippen LogP contribution in [0.2, 0.25) is 5.02 Å². The summed E-state index contributed by atoms with van der Waals surface area (Å²) < 4.78 is 26.4. The number of hydrogen-bond acceptors (Lipinski definition) is 3. The number of sulfonamides is 1. The summed E-state index contributed by atoms with van der Waals surface area (Å²) in [5, 5.41) is 0.357. The molecule has 6 heteroatoms. The highest BCUT2D eigenvalue weighted by molar-refractivity contribution is 7.89. The molecular formula is C12H15ClN2O2S. The maximum atomic E-state index is 12.4. The van der Waals surface area contributed by atoms with Crippen molar-refractivity contribution in [1.82, 2.24) is 4.31 Å². The molecule has 2 N–H and O–H groups in total. The second-order valence-electron chi connectivity index (χ2n) is 4.28. The minimum absolute atomic E-state index is 0.0879. The van der Waals surface area contributed by atoms with Crippen LogP contribution in [0.25, 0.3) is 0 Å². The first-order valence-electron chi connectivity index (χ1n) is 5.64. The summed E-state index contributed by atoms with van der Waals surface area (Å²) in [7, 11) is -3.52. The van der Waals surface area contributed by atoms with Crippen molar-refractivity contribution in [2.24, 2.45) is 0 Å². The fraction of sp³-hybridized carbons (Fsp3) is 0.333. The number of rotatable bonds is 5. The largest absolute Gasteiger partial charge is 0.397 e. The smallest absolute Gasteiger partial charge is 0.243 e. The van der Waals surface area contributed by atoms with Crippen LogP contribution in [0, 0.1) is 0 Å². The molecule has 1 fully saturated rings. The van der Waals surface area contributed by atoms with E-state index in [2.05, 4.69) is 6.58 Å². The Morgan fingerprint density at radius 1 is 1.50 bits per heavy atom. The molecule has 0 aliphatic heterocycles. The molecule has 2 rings (SSSR count).